The number of ether oxygens (including phenoxy) is 2. The maximum Gasteiger partial charge on any atom is 0.261 e. The first-order chi connectivity index (χ1) is 13.6. The second-order valence-corrected chi connectivity index (χ2v) is 8.17. The molecule has 1 saturated heterocycles. The number of nitrogens with zero attached hydrogens (tertiary/aromatic N) is 2. The quantitative estimate of drug-likeness (QED) is 0.581. The first-order valence-electron chi connectivity index (χ1n) is 9.20. The number of aryl methyl sites for hydroxylation is 1. The molecule has 2 heterocycles. The summed E-state index contributed by atoms with van der Waals surface area (Å²) in [7, 11) is 1.63. The van der Waals surface area contributed by atoms with Crippen LogP contribution in [-0.2, 0) is 4.74 Å². The number of amides is 1. The van der Waals surface area contributed by atoms with Gasteiger partial charge < -0.3 is 9.47 Å². The van der Waals surface area contributed by atoms with Crippen molar-refractivity contribution in [1.29, 1.82) is 0 Å². The van der Waals surface area contributed by atoms with E-state index in [2.05, 4.69) is 0 Å². The second-order valence-electron chi connectivity index (χ2n) is 6.79. The predicted molar refractivity (Wildman–Crippen MR) is 113 cm³/mol. The molecule has 146 valence electrons. The van der Waals surface area contributed by atoms with Gasteiger partial charge in [-0.3, -0.25) is 9.69 Å². The van der Waals surface area contributed by atoms with E-state index in [9.17, 15) is 4.79 Å². The van der Waals surface area contributed by atoms with Crippen LogP contribution in [0.1, 0.15) is 28.8 Å². The van der Waals surface area contributed by atoms with Gasteiger partial charge in [-0.15, -0.1) is 0 Å². The van der Waals surface area contributed by atoms with E-state index in [1.54, 1.807) is 24.1 Å². The monoisotopic (exact) mass is 416 g/mol. The Kier molecular flexibility index (Phi) is 5.53. The van der Waals surface area contributed by atoms with Crippen molar-refractivity contribution in [1.82, 2.24) is 4.98 Å². The highest BCUT2D eigenvalue weighted by Gasteiger charge is 2.28. The van der Waals surface area contributed by atoms with Gasteiger partial charge in [0.2, 0.25) is 0 Å². The Balaban J connectivity index is 1.79. The molecule has 0 aliphatic carbocycles. The van der Waals surface area contributed by atoms with Crippen molar-refractivity contribution in [3.05, 3.63) is 52.5 Å². The van der Waals surface area contributed by atoms with Gasteiger partial charge in [0.05, 0.1) is 35.0 Å². The fraction of sp³-hybridized carbons (Fsp3) is 0.333. The average molecular weight is 417 g/mol. The summed E-state index contributed by atoms with van der Waals surface area (Å²) in [5, 5.41) is 1.06. The lowest BCUT2D eigenvalue weighted by Crippen LogP contribution is -2.37. The Hall–Kier alpha value is -2.15. The van der Waals surface area contributed by atoms with Gasteiger partial charge in [-0.05, 0) is 43.5 Å². The molecule has 1 amide bonds. The van der Waals surface area contributed by atoms with Gasteiger partial charge in [0.1, 0.15) is 11.3 Å². The van der Waals surface area contributed by atoms with E-state index in [1.165, 1.54) is 11.3 Å². The molecular weight excluding hydrogens is 396 g/mol. The smallest absolute Gasteiger partial charge is 0.261 e. The highest BCUT2D eigenvalue weighted by Crippen LogP contribution is 2.37. The van der Waals surface area contributed by atoms with Crippen LogP contribution in [0.2, 0.25) is 5.02 Å². The van der Waals surface area contributed by atoms with Gasteiger partial charge in [-0.25, -0.2) is 4.98 Å². The fourth-order valence-electron chi connectivity index (χ4n) is 3.40. The van der Waals surface area contributed by atoms with Crippen molar-refractivity contribution < 1.29 is 14.3 Å². The minimum atomic E-state index is -0.170. The Morgan fingerprint density at radius 3 is 2.89 bits per heavy atom. The van der Waals surface area contributed by atoms with E-state index in [-0.39, 0.29) is 12.0 Å². The number of methoxy groups -OCH3 is 1. The van der Waals surface area contributed by atoms with Gasteiger partial charge in [-0.2, -0.15) is 0 Å². The number of aromatic nitrogens is 1. The minimum absolute atomic E-state index is 0.00134. The number of anilines is 1. The molecule has 4 rings (SSSR count). The standard InChI is InChI=1S/C21H21ClN2O3S/c1-13-9-10-17(26-2)18-19(13)28-21(23-18)24(12-14-6-5-11-27-14)20(25)15-7-3-4-8-16(15)22/h3-4,7-10,14H,5-6,11-12H2,1-2H3. The van der Waals surface area contributed by atoms with E-state index in [0.29, 0.717) is 28.0 Å². The van der Waals surface area contributed by atoms with Gasteiger partial charge in [-0.1, -0.05) is 41.1 Å². The number of thiazole rings is 1. The molecule has 28 heavy (non-hydrogen) atoms. The van der Waals surface area contributed by atoms with Crippen molar-refractivity contribution >= 4 is 44.2 Å². The molecule has 0 spiro atoms. The van der Waals surface area contributed by atoms with Crippen LogP contribution in [0.5, 0.6) is 5.75 Å². The highest BCUT2D eigenvalue weighted by molar-refractivity contribution is 7.22. The van der Waals surface area contributed by atoms with Gasteiger partial charge in [0.15, 0.2) is 5.13 Å². The Labute approximate surface area is 172 Å². The molecule has 1 fully saturated rings. The zero-order chi connectivity index (χ0) is 19.7. The molecule has 0 saturated carbocycles. The van der Waals surface area contributed by atoms with Crippen molar-refractivity contribution in [3.63, 3.8) is 0 Å². The van der Waals surface area contributed by atoms with E-state index in [1.807, 2.05) is 31.2 Å². The molecule has 1 aliphatic heterocycles. The summed E-state index contributed by atoms with van der Waals surface area (Å²) < 4.78 is 12.3. The molecule has 2 aromatic carbocycles. The summed E-state index contributed by atoms with van der Waals surface area (Å²) in [6.07, 6.45) is 1.94. The average Bonchev–Trinajstić information content (AvgIpc) is 3.36. The molecular formula is C21H21ClN2O3S. The molecule has 1 atom stereocenters. The molecule has 1 aromatic heterocycles. The van der Waals surface area contributed by atoms with E-state index in [0.717, 1.165) is 35.2 Å². The largest absolute Gasteiger partial charge is 0.494 e. The van der Waals surface area contributed by atoms with E-state index < -0.39 is 0 Å². The van der Waals surface area contributed by atoms with Crippen LogP contribution >= 0.6 is 22.9 Å². The Morgan fingerprint density at radius 1 is 1.36 bits per heavy atom. The molecule has 0 radical (unpaired) electrons. The molecule has 7 heteroatoms. The van der Waals surface area contributed by atoms with E-state index in [4.69, 9.17) is 26.1 Å². The van der Waals surface area contributed by atoms with Crippen LogP contribution in [0.4, 0.5) is 5.13 Å². The fourth-order valence-corrected chi connectivity index (χ4v) is 4.67. The lowest BCUT2D eigenvalue weighted by molar-refractivity contribution is 0.0917. The number of carbonyl (C=O) groups is 1. The first-order valence-corrected chi connectivity index (χ1v) is 10.4. The molecule has 3 aromatic rings. The number of halogens is 1. The van der Waals surface area contributed by atoms with Crippen LogP contribution in [0.25, 0.3) is 10.2 Å². The number of carbonyl (C=O) groups excluding carboxylic acids is 1. The Morgan fingerprint density at radius 2 is 2.18 bits per heavy atom. The van der Waals surface area contributed by atoms with Crippen LogP contribution in [0.15, 0.2) is 36.4 Å². The molecule has 0 bridgehead atoms. The summed E-state index contributed by atoms with van der Waals surface area (Å²) in [6.45, 7) is 3.21. The van der Waals surface area contributed by atoms with Crippen molar-refractivity contribution in [2.45, 2.75) is 25.9 Å². The molecule has 1 unspecified atom stereocenters. The topological polar surface area (TPSA) is 51.7 Å². The summed E-state index contributed by atoms with van der Waals surface area (Å²) in [5.41, 5.74) is 2.33. The van der Waals surface area contributed by atoms with Gasteiger partial charge in [0.25, 0.3) is 5.91 Å². The van der Waals surface area contributed by atoms with Crippen molar-refractivity contribution in [2.24, 2.45) is 0 Å². The lowest BCUT2D eigenvalue weighted by Gasteiger charge is -2.23. The molecule has 1 aliphatic rings. The number of benzene rings is 2. The SMILES string of the molecule is COc1ccc(C)c2sc(N(CC3CCCO3)C(=O)c3ccccc3Cl)nc12. The maximum absolute atomic E-state index is 13.4. The predicted octanol–water partition coefficient (Wildman–Crippen LogP) is 5.09. The molecule has 5 nitrogen and oxygen atoms in total. The third kappa shape index (κ3) is 3.60. The number of hydrogen-bond acceptors (Lipinski definition) is 5. The minimum Gasteiger partial charge on any atom is -0.494 e. The first kappa shape index (κ1) is 19.2. The molecule has 0 N–H and O–H groups in total. The number of hydrogen-bond donors (Lipinski definition) is 0. The van der Waals surface area contributed by atoms with Crippen LogP contribution < -0.4 is 9.64 Å². The third-order valence-corrected chi connectivity index (χ3v) is 6.45. The zero-order valence-corrected chi connectivity index (χ0v) is 17.3. The Bertz CT molecular complexity index is 1010. The van der Waals surface area contributed by atoms with Gasteiger partial charge >= 0.3 is 0 Å². The van der Waals surface area contributed by atoms with Crippen molar-refractivity contribution in [2.75, 3.05) is 25.2 Å². The summed E-state index contributed by atoms with van der Waals surface area (Å²) >= 11 is 7.79. The summed E-state index contributed by atoms with van der Waals surface area (Å²) in [5.74, 6) is 0.530. The normalized spacial score (nSPS) is 16.5. The highest BCUT2D eigenvalue weighted by atomic mass is 35.5. The second kappa shape index (κ2) is 8.07. The summed E-state index contributed by atoms with van der Waals surface area (Å²) in [4.78, 5) is 19.8. The van der Waals surface area contributed by atoms with Crippen LogP contribution in [0.3, 0.4) is 0 Å². The van der Waals surface area contributed by atoms with Crippen LogP contribution in [-0.4, -0.2) is 37.3 Å². The maximum atomic E-state index is 13.4. The van der Waals surface area contributed by atoms with Gasteiger partial charge in [0, 0.05) is 6.61 Å². The van der Waals surface area contributed by atoms with Crippen LogP contribution in [0, 0.1) is 6.92 Å². The zero-order valence-electron chi connectivity index (χ0n) is 15.8. The summed E-state index contributed by atoms with van der Waals surface area (Å²) in [6, 6.07) is 11.0. The third-order valence-electron chi connectivity index (χ3n) is 4.90. The number of rotatable bonds is 5. The lowest BCUT2D eigenvalue weighted by atomic mass is 10.1. The number of fused-ring (bicyclic) bond motifs is 1. The van der Waals surface area contributed by atoms with E-state index >= 15 is 0 Å². The van der Waals surface area contributed by atoms with Crippen molar-refractivity contribution in [3.8, 4) is 5.75 Å².